The summed E-state index contributed by atoms with van der Waals surface area (Å²) < 4.78 is 4.90. The van der Waals surface area contributed by atoms with Gasteiger partial charge in [-0.1, -0.05) is 17.0 Å². The summed E-state index contributed by atoms with van der Waals surface area (Å²) >= 11 is 1.49. The van der Waals surface area contributed by atoms with Gasteiger partial charge in [-0.15, -0.1) is 11.3 Å². The topological polar surface area (TPSA) is 66.6 Å². The first kappa shape index (κ1) is 14.3. The lowest BCUT2D eigenvalue weighted by atomic mass is 10.2. The van der Waals surface area contributed by atoms with Crippen LogP contribution >= 0.6 is 11.3 Å². The van der Waals surface area contributed by atoms with E-state index in [9.17, 15) is 4.79 Å². The Labute approximate surface area is 120 Å². The molecule has 0 aliphatic rings. The molecular formula is C14H14N2O3S. The van der Waals surface area contributed by atoms with Crippen molar-refractivity contribution in [1.29, 1.82) is 0 Å². The molecule has 0 aromatic carbocycles. The van der Waals surface area contributed by atoms with Crippen molar-refractivity contribution >= 4 is 17.2 Å². The first-order valence-electron chi connectivity index (χ1n) is 5.96. The lowest BCUT2D eigenvalue weighted by molar-refractivity contribution is 0.0775. The molecule has 0 aliphatic heterocycles. The summed E-state index contributed by atoms with van der Waals surface area (Å²) in [6.07, 6.45) is 0. The van der Waals surface area contributed by atoms with E-state index in [-0.39, 0.29) is 12.5 Å². The molecule has 0 spiro atoms. The number of aryl methyl sites for hydroxylation is 1. The number of hydrogen-bond donors (Lipinski definition) is 1. The standard InChI is InChI=1S/C14H14N2O3S/c1-10-6-13(15-19-10)14(18)16(2)8-11-7-12(20-9-11)4-3-5-17/h6-7,9,17H,5,8H2,1-2H3. The van der Waals surface area contributed by atoms with E-state index in [0.717, 1.165) is 10.4 Å². The molecule has 6 heteroatoms. The molecule has 1 N–H and O–H groups in total. The Bertz CT molecular complexity index is 663. The van der Waals surface area contributed by atoms with Crippen LogP contribution in [0.4, 0.5) is 0 Å². The Balaban J connectivity index is 2.02. The van der Waals surface area contributed by atoms with Gasteiger partial charge in [-0.25, -0.2) is 0 Å². The minimum absolute atomic E-state index is 0.156. The molecule has 5 nitrogen and oxygen atoms in total. The minimum Gasteiger partial charge on any atom is -0.384 e. The summed E-state index contributed by atoms with van der Waals surface area (Å²) in [5.74, 6) is 5.86. The molecule has 104 valence electrons. The van der Waals surface area contributed by atoms with Gasteiger partial charge in [0.2, 0.25) is 0 Å². The lowest BCUT2D eigenvalue weighted by Crippen LogP contribution is -2.26. The van der Waals surface area contributed by atoms with Gasteiger partial charge >= 0.3 is 0 Å². The molecular weight excluding hydrogens is 276 g/mol. The summed E-state index contributed by atoms with van der Waals surface area (Å²) in [5.41, 5.74) is 1.30. The molecule has 0 radical (unpaired) electrons. The van der Waals surface area contributed by atoms with Crippen molar-refractivity contribution < 1.29 is 14.4 Å². The molecule has 0 bridgehead atoms. The van der Waals surface area contributed by atoms with Crippen molar-refractivity contribution in [2.24, 2.45) is 0 Å². The van der Waals surface area contributed by atoms with Gasteiger partial charge in [0, 0.05) is 19.7 Å². The molecule has 20 heavy (non-hydrogen) atoms. The number of amides is 1. The molecule has 2 aromatic heterocycles. The van der Waals surface area contributed by atoms with Crippen molar-refractivity contribution in [3.8, 4) is 11.8 Å². The van der Waals surface area contributed by atoms with Crippen molar-refractivity contribution in [1.82, 2.24) is 10.1 Å². The smallest absolute Gasteiger partial charge is 0.276 e. The zero-order valence-electron chi connectivity index (χ0n) is 11.2. The fourth-order valence-corrected chi connectivity index (χ4v) is 2.43. The third-order valence-electron chi connectivity index (χ3n) is 2.56. The maximum Gasteiger partial charge on any atom is 0.276 e. The van der Waals surface area contributed by atoms with Gasteiger partial charge in [0.1, 0.15) is 12.4 Å². The summed E-state index contributed by atoms with van der Waals surface area (Å²) in [6, 6.07) is 3.52. The highest BCUT2D eigenvalue weighted by atomic mass is 32.1. The van der Waals surface area contributed by atoms with Crippen LogP contribution in [0, 0.1) is 18.8 Å². The largest absolute Gasteiger partial charge is 0.384 e. The molecule has 1 amide bonds. The van der Waals surface area contributed by atoms with Gasteiger partial charge in [0.05, 0.1) is 4.88 Å². The van der Waals surface area contributed by atoms with Gasteiger partial charge in [-0.2, -0.15) is 0 Å². The second-order valence-electron chi connectivity index (χ2n) is 4.26. The molecule has 0 fully saturated rings. The van der Waals surface area contributed by atoms with Crippen LogP contribution in [-0.2, 0) is 6.54 Å². The van der Waals surface area contributed by atoms with Crippen molar-refractivity contribution in [2.45, 2.75) is 13.5 Å². The molecule has 0 atom stereocenters. The van der Waals surface area contributed by atoms with Crippen molar-refractivity contribution in [3.05, 3.63) is 39.4 Å². The van der Waals surface area contributed by atoms with Gasteiger partial charge in [0.25, 0.3) is 5.91 Å². The maximum atomic E-state index is 12.1. The van der Waals surface area contributed by atoms with Crippen molar-refractivity contribution in [3.63, 3.8) is 0 Å². The van der Waals surface area contributed by atoms with E-state index >= 15 is 0 Å². The third-order valence-corrected chi connectivity index (χ3v) is 3.45. The van der Waals surface area contributed by atoms with Crippen LogP contribution in [0.2, 0.25) is 0 Å². The number of aliphatic hydroxyl groups is 1. The number of thiophene rings is 1. The summed E-state index contributed by atoms with van der Waals surface area (Å²) in [5, 5.41) is 14.3. The predicted octanol–water partition coefficient (Wildman–Crippen LogP) is 1.66. The number of carbonyl (C=O) groups is 1. The molecule has 0 unspecified atom stereocenters. The zero-order chi connectivity index (χ0) is 14.5. The van der Waals surface area contributed by atoms with E-state index in [1.165, 1.54) is 11.3 Å². The number of hydrogen-bond acceptors (Lipinski definition) is 5. The normalized spacial score (nSPS) is 9.95. The summed E-state index contributed by atoms with van der Waals surface area (Å²) in [4.78, 5) is 14.5. The molecule has 2 heterocycles. The molecule has 2 rings (SSSR count). The predicted molar refractivity (Wildman–Crippen MR) is 75.3 cm³/mol. The van der Waals surface area contributed by atoms with Gasteiger partial charge < -0.3 is 14.5 Å². The summed E-state index contributed by atoms with van der Waals surface area (Å²) in [6.45, 7) is 2.06. The Morgan fingerprint density at radius 3 is 3.00 bits per heavy atom. The molecule has 2 aromatic rings. The highest BCUT2D eigenvalue weighted by molar-refractivity contribution is 7.10. The number of carbonyl (C=O) groups excluding carboxylic acids is 1. The van der Waals surface area contributed by atoms with Crippen LogP contribution < -0.4 is 0 Å². The second kappa shape index (κ2) is 6.37. The van der Waals surface area contributed by atoms with E-state index in [0.29, 0.717) is 18.0 Å². The minimum atomic E-state index is -0.184. The van der Waals surface area contributed by atoms with E-state index < -0.39 is 0 Å². The van der Waals surface area contributed by atoms with E-state index in [4.69, 9.17) is 9.63 Å². The first-order valence-corrected chi connectivity index (χ1v) is 6.84. The van der Waals surface area contributed by atoms with Crippen LogP contribution in [0.3, 0.4) is 0 Å². The fraction of sp³-hybridized carbons (Fsp3) is 0.286. The van der Waals surface area contributed by atoms with E-state index in [1.54, 1.807) is 24.9 Å². The van der Waals surface area contributed by atoms with Crippen LogP contribution in [0.25, 0.3) is 0 Å². The average molecular weight is 290 g/mol. The lowest BCUT2D eigenvalue weighted by Gasteiger charge is -2.14. The number of rotatable bonds is 3. The molecule has 0 saturated carbocycles. The maximum absolute atomic E-state index is 12.1. The van der Waals surface area contributed by atoms with Crippen LogP contribution in [0.1, 0.15) is 26.7 Å². The summed E-state index contributed by atoms with van der Waals surface area (Å²) in [7, 11) is 1.71. The van der Waals surface area contributed by atoms with E-state index in [1.807, 2.05) is 11.4 Å². The highest BCUT2D eigenvalue weighted by Crippen LogP contribution is 2.16. The highest BCUT2D eigenvalue weighted by Gasteiger charge is 2.16. The Morgan fingerprint density at radius 1 is 1.55 bits per heavy atom. The SMILES string of the molecule is Cc1cc(C(=O)N(C)Cc2csc(C#CCO)c2)no1. The monoisotopic (exact) mass is 290 g/mol. The molecule has 0 aliphatic carbocycles. The second-order valence-corrected chi connectivity index (χ2v) is 5.17. The van der Waals surface area contributed by atoms with Gasteiger partial charge in [0.15, 0.2) is 5.69 Å². The molecule has 0 saturated heterocycles. The quantitative estimate of drug-likeness (QED) is 0.873. The Kier molecular flexibility index (Phi) is 4.56. The van der Waals surface area contributed by atoms with Crippen LogP contribution in [0.15, 0.2) is 22.0 Å². The third kappa shape index (κ3) is 3.47. The Hall–Kier alpha value is -2.10. The van der Waals surface area contributed by atoms with Crippen molar-refractivity contribution in [2.75, 3.05) is 13.7 Å². The number of aliphatic hydroxyl groups excluding tert-OH is 1. The average Bonchev–Trinajstić information content (AvgIpc) is 3.04. The van der Waals surface area contributed by atoms with Crippen LogP contribution in [0.5, 0.6) is 0 Å². The Morgan fingerprint density at radius 2 is 2.35 bits per heavy atom. The zero-order valence-corrected chi connectivity index (χ0v) is 12.0. The number of aromatic nitrogens is 1. The fourth-order valence-electron chi connectivity index (χ4n) is 1.66. The number of nitrogens with zero attached hydrogens (tertiary/aromatic N) is 2. The van der Waals surface area contributed by atoms with Gasteiger partial charge in [-0.05, 0) is 23.9 Å². The van der Waals surface area contributed by atoms with E-state index in [2.05, 4.69) is 17.0 Å². The van der Waals surface area contributed by atoms with Gasteiger partial charge in [-0.3, -0.25) is 4.79 Å². The first-order chi connectivity index (χ1) is 9.60. The van der Waals surface area contributed by atoms with Crippen LogP contribution in [-0.4, -0.2) is 34.7 Å².